The molecule has 1 aliphatic rings. The van der Waals surface area contributed by atoms with Gasteiger partial charge in [0, 0.05) is 31.4 Å². The van der Waals surface area contributed by atoms with Gasteiger partial charge in [0.1, 0.15) is 5.82 Å². The Morgan fingerprint density at radius 1 is 1.33 bits per heavy atom. The summed E-state index contributed by atoms with van der Waals surface area (Å²) in [4.78, 5) is 18.9. The molecule has 1 aromatic rings. The summed E-state index contributed by atoms with van der Waals surface area (Å²) in [7, 11) is 0. The molecule has 1 aliphatic heterocycles. The first-order valence-corrected chi connectivity index (χ1v) is 9.34. The lowest BCUT2D eigenvalue weighted by atomic mass is 10.1. The second kappa shape index (κ2) is 10.3. The van der Waals surface area contributed by atoms with Crippen LogP contribution in [0.4, 0.5) is 5.82 Å². The first kappa shape index (κ1) is 18.7. The summed E-state index contributed by atoms with van der Waals surface area (Å²) in [6, 6.07) is 3.93. The van der Waals surface area contributed by atoms with E-state index in [4.69, 9.17) is 0 Å². The van der Waals surface area contributed by atoms with Gasteiger partial charge in [-0.25, -0.2) is 4.98 Å². The van der Waals surface area contributed by atoms with E-state index in [0.717, 1.165) is 43.7 Å². The lowest BCUT2D eigenvalue weighted by molar-refractivity contribution is -0.123. The largest absolute Gasteiger partial charge is 0.393 e. The van der Waals surface area contributed by atoms with Gasteiger partial charge in [0.05, 0.1) is 12.5 Å². The quantitative estimate of drug-likeness (QED) is 0.682. The van der Waals surface area contributed by atoms with Gasteiger partial charge in [-0.15, -0.1) is 0 Å². The molecule has 1 amide bonds. The summed E-state index contributed by atoms with van der Waals surface area (Å²) in [5.41, 5.74) is 1.05. The number of anilines is 1. The van der Waals surface area contributed by atoms with Gasteiger partial charge in [-0.3, -0.25) is 4.79 Å². The van der Waals surface area contributed by atoms with Crippen LogP contribution in [0, 0.1) is 0 Å². The lowest BCUT2D eigenvalue weighted by Gasteiger charge is -2.29. The number of hydrogen-bond acceptors (Lipinski definition) is 4. The predicted molar refractivity (Wildman–Crippen MR) is 96.9 cm³/mol. The first-order valence-electron chi connectivity index (χ1n) is 9.34. The van der Waals surface area contributed by atoms with Crippen LogP contribution in [0.1, 0.15) is 63.9 Å². The third kappa shape index (κ3) is 6.11. The highest BCUT2D eigenvalue weighted by atomic mass is 16.3. The molecule has 0 bridgehead atoms. The van der Waals surface area contributed by atoms with E-state index in [9.17, 15) is 9.90 Å². The van der Waals surface area contributed by atoms with Crippen LogP contribution in [0.2, 0.25) is 0 Å². The fraction of sp³-hybridized carbons (Fsp3) is 0.684. The first-order chi connectivity index (χ1) is 11.7. The molecule has 1 atom stereocenters. The zero-order valence-corrected chi connectivity index (χ0v) is 14.8. The van der Waals surface area contributed by atoms with E-state index >= 15 is 0 Å². The van der Waals surface area contributed by atoms with Gasteiger partial charge < -0.3 is 15.3 Å². The normalized spacial score (nSPS) is 16.0. The Morgan fingerprint density at radius 2 is 2.12 bits per heavy atom. The molecule has 5 nitrogen and oxygen atoms in total. The van der Waals surface area contributed by atoms with E-state index in [2.05, 4.69) is 22.1 Å². The highest BCUT2D eigenvalue weighted by Gasteiger charge is 2.16. The summed E-state index contributed by atoms with van der Waals surface area (Å²) < 4.78 is 0. The number of aliphatic hydroxyl groups is 1. The zero-order valence-electron chi connectivity index (χ0n) is 14.8. The minimum atomic E-state index is -0.535. The summed E-state index contributed by atoms with van der Waals surface area (Å²) >= 11 is 0. The number of amides is 1. The maximum atomic E-state index is 12.0. The number of aliphatic hydroxyl groups excluding tert-OH is 1. The Labute approximate surface area is 145 Å². The molecule has 0 aromatic carbocycles. The average molecular weight is 333 g/mol. The zero-order chi connectivity index (χ0) is 17.2. The fourth-order valence-corrected chi connectivity index (χ4v) is 3.17. The van der Waals surface area contributed by atoms with Gasteiger partial charge in [-0.05, 0) is 31.7 Å². The standard InChI is InChI=1S/C19H31N3O2/c1-2-3-5-10-17(23)14-18(24)21-15-16-9-8-11-20-19(16)22-12-6-4-7-13-22/h8-9,11,17,23H,2-7,10,12-15H2,1H3,(H,21,24)/t17-/m1/s1. The number of pyridine rings is 1. The molecule has 0 radical (unpaired) electrons. The Bertz CT molecular complexity index is 501. The number of carbonyl (C=O) groups excluding carboxylic acids is 1. The number of piperidine rings is 1. The molecule has 134 valence electrons. The number of nitrogens with one attached hydrogen (secondary N) is 1. The summed E-state index contributed by atoms with van der Waals surface area (Å²) in [6.45, 7) is 4.68. The Hall–Kier alpha value is -1.62. The molecule has 2 N–H and O–H groups in total. The summed E-state index contributed by atoms with van der Waals surface area (Å²) in [5.74, 6) is 0.897. The molecule has 5 heteroatoms. The summed E-state index contributed by atoms with van der Waals surface area (Å²) in [6.07, 6.45) is 9.05. The van der Waals surface area contributed by atoms with E-state index in [-0.39, 0.29) is 12.3 Å². The van der Waals surface area contributed by atoms with Crippen LogP contribution in [0.25, 0.3) is 0 Å². The third-order valence-electron chi connectivity index (χ3n) is 4.56. The van der Waals surface area contributed by atoms with E-state index in [1.165, 1.54) is 19.3 Å². The van der Waals surface area contributed by atoms with Crippen LogP contribution in [-0.2, 0) is 11.3 Å². The van der Waals surface area contributed by atoms with Crippen molar-refractivity contribution in [2.24, 2.45) is 0 Å². The number of nitrogens with zero attached hydrogens (tertiary/aromatic N) is 2. The van der Waals surface area contributed by atoms with E-state index in [1.54, 1.807) is 0 Å². The monoisotopic (exact) mass is 333 g/mol. The minimum Gasteiger partial charge on any atom is -0.393 e. The van der Waals surface area contributed by atoms with E-state index in [1.807, 2.05) is 18.3 Å². The average Bonchev–Trinajstić information content (AvgIpc) is 2.61. The van der Waals surface area contributed by atoms with Crippen molar-refractivity contribution < 1.29 is 9.90 Å². The van der Waals surface area contributed by atoms with Crippen LogP contribution in [0.3, 0.4) is 0 Å². The molecule has 1 aromatic heterocycles. The van der Waals surface area contributed by atoms with Crippen LogP contribution in [-0.4, -0.2) is 35.2 Å². The summed E-state index contributed by atoms with van der Waals surface area (Å²) in [5, 5.41) is 12.9. The van der Waals surface area contributed by atoms with Crippen molar-refractivity contribution in [3.05, 3.63) is 23.9 Å². The lowest BCUT2D eigenvalue weighted by Crippen LogP contribution is -2.32. The molecule has 0 saturated carbocycles. The van der Waals surface area contributed by atoms with Gasteiger partial charge in [0.15, 0.2) is 0 Å². The van der Waals surface area contributed by atoms with Crippen molar-refractivity contribution in [1.82, 2.24) is 10.3 Å². The number of rotatable bonds is 9. The molecule has 0 unspecified atom stereocenters. The van der Waals surface area contributed by atoms with Gasteiger partial charge in [-0.2, -0.15) is 0 Å². The molecule has 1 fully saturated rings. The molecule has 2 heterocycles. The topological polar surface area (TPSA) is 65.5 Å². The van der Waals surface area contributed by atoms with E-state index < -0.39 is 6.10 Å². The van der Waals surface area contributed by atoms with Crippen molar-refractivity contribution in [3.63, 3.8) is 0 Å². The molecular weight excluding hydrogens is 302 g/mol. The third-order valence-corrected chi connectivity index (χ3v) is 4.56. The van der Waals surface area contributed by atoms with Gasteiger partial charge in [0.25, 0.3) is 0 Å². The van der Waals surface area contributed by atoms with Crippen LogP contribution >= 0.6 is 0 Å². The maximum Gasteiger partial charge on any atom is 0.222 e. The number of hydrogen-bond donors (Lipinski definition) is 2. The molecule has 1 saturated heterocycles. The molecule has 0 spiro atoms. The Morgan fingerprint density at radius 3 is 2.88 bits per heavy atom. The SMILES string of the molecule is CCCCC[C@@H](O)CC(=O)NCc1cccnc1N1CCCCC1. The van der Waals surface area contributed by atoms with Crippen molar-refractivity contribution in [3.8, 4) is 0 Å². The van der Waals surface area contributed by atoms with Crippen molar-refractivity contribution in [2.45, 2.75) is 70.9 Å². The van der Waals surface area contributed by atoms with Gasteiger partial charge >= 0.3 is 0 Å². The highest BCUT2D eigenvalue weighted by Crippen LogP contribution is 2.21. The highest BCUT2D eigenvalue weighted by molar-refractivity contribution is 5.76. The number of aromatic nitrogens is 1. The predicted octanol–water partition coefficient (Wildman–Crippen LogP) is 3.02. The smallest absolute Gasteiger partial charge is 0.222 e. The van der Waals surface area contributed by atoms with Crippen LogP contribution < -0.4 is 10.2 Å². The number of unbranched alkanes of at least 4 members (excludes halogenated alkanes) is 2. The second-order valence-corrected chi connectivity index (χ2v) is 6.66. The maximum absolute atomic E-state index is 12.0. The fourth-order valence-electron chi connectivity index (χ4n) is 3.17. The molecule has 0 aliphatic carbocycles. The Balaban J connectivity index is 1.82. The molecule has 2 rings (SSSR count). The van der Waals surface area contributed by atoms with Crippen molar-refractivity contribution in [2.75, 3.05) is 18.0 Å². The molecule has 24 heavy (non-hydrogen) atoms. The van der Waals surface area contributed by atoms with Gasteiger partial charge in [0.2, 0.25) is 5.91 Å². The van der Waals surface area contributed by atoms with Gasteiger partial charge in [-0.1, -0.05) is 32.3 Å². The van der Waals surface area contributed by atoms with E-state index in [0.29, 0.717) is 13.0 Å². The molecular formula is C19H31N3O2. The van der Waals surface area contributed by atoms with Crippen LogP contribution in [0.15, 0.2) is 18.3 Å². The Kier molecular flexibility index (Phi) is 8.02. The van der Waals surface area contributed by atoms with Crippen molar-refractivity contribution in [1.29, 1.82) is 0 Å². The minimum absolute atomic E-state index is 0.0903. The second-order valence-electron chi connectivity index (χ2n) is 6.66. The number of carbonyl (C=O) groups is 1. The van der Waals surface area contributed by atoms with Crippen molar-refractivity contribution >= 4 is 11.7 Å². The van der Waals surface area contributed by atoms with Crippen LogP contribution in [0.5, 0.6) is 0 Å².